The zero-order chi connectivity index (χ0) is 22.1. The van der Waals surface area contributed by atoms with E-state index in [1.165, 1.54) is 17.2 Å². The summed E-state index contributed by atoms with van der Waals surface area (Å²) in [6, 6.07) is 16.0. The zero-order valence-corrected chi connectivity index (χ0v) is 18.4. The van der Waals surface area contributed by atoms with Crippen LogP contribution in [0.15, 0.2) is 64.3 Å². The summed E-state index contributed by atoms with van der Waals surface area (Å²) in [4.78, 5) is 25.7. The molecule has 2 aromatic heterocycles. The first-order chi connectivity index (χ1) is 15.0. The third-order valence-electron chi connectivity index (χ3n) is 5.84. The summed E-state index contributed by atoms with van der Waals surface area (Å²) < 4.78 is 9.97. The molecule has 6 heteroatoms. The van der Waals surface area contributed by atoms with Crippen molar-refractivity contribution < 1.29 is 4.74 Å². The molecular formula is C25H27N3O3. The summed E-state index contributed by atoms with van der Waals surface area (Å²) in [7, 11) is 4.83. The van der Waals surface area contributed by atoms with Crippen molar-refractivity contribution in [2.45, 2.75) is 26.2 Å². The van der Waals surface area contributed by atoms with Crippen LogP contribution in [-0.2, 0) is 20.5 Å². The first-order valence-corrected chi connectivity index (χ1v) is 10.5. The summed E-state index contributed by atoms with van der Waals surface area (Å²) in [5.41, 5.74) is 3.83. The lowest BCUT2D eigenvalue weighted by atomic mass is 10.1. The SMILES string of the molecule is CCCCc1ccc(-n2cc3c(c2-c2ccc(OC)cc2)c(=O)n(C)c(=O)n3C)cc1. The second kappa shape index (κ2) is 8.30. The molecule has 0 bridgehead atoms. The van der Waals surface area contributed by atoms with Crippen LogP contribution in [0, 0.1) is 0 Å². The summed E-state index contributed by atoms with van der Waals surface area (Å²) in [6.07, 6.45) is 5.23. The van der Waals surface area contributed by atoms with E-state index in [0.717, 1.165) is 46.5 Å². The van der Waals surface area contributed by atoms with Gasteiger partial charge in [-0.25, -0.2) is 4.79 Å². The van der Waals surface area contributed by atoms with Gasteiger partial charge in [0, 0.05) is 26.0 Å². The fourth-order valence-corrected chi connectivity index (χ4v) is 3.98. The van der Waals surface area contributed by atoms with Gasteiger partial charge in [0.25, 0.3) is 5.56 Å². The Kier molecular flexibility index (Phi) is 5.55. The molecule has 6 nitrogen and oxygen atoms in total. The normalized spacial score (nSPS) is 11.2. The molecule has 0 spiro atoms. The quantitative estimate of drug-likeness (QED) is 0.476. The number of hydrogen-bond acceptors (Lipinski definition) is 3. The van der Waals surface area contributed by atoms with E-state index in [1.807, 2.05) is 35.0 Å². The lowest BCUT2D eigenvalue weighted by molar-refractivity contribution is 0.415. The van der Waals surface area contributed by atoms with Gasteiger partial charge in [-0.1, -0.05) is 25.5 Å². The number of benzene rings is 2. The predicted octanol–water partition coefficient (Wildman–Crippen LogP) is 4.05. The van der Waals surface area contributed by atoms with Crippen molar-refractivity contribution in [1.29, 1.82) is 0 Å². The smallest absolute Gasteiger partial charge is 0.330 e. The van der Waals surface area contributed by atoms with E-state index in [0.29, 0.717) is 10.9 Å². The fraction of sp³-hybridized carbons (Fsp3) is 0.280. The molecule has 4 aromatic rings. The Morgan fingerprint density at radius 3 is 2.19 bits per heavy atom. The van der Waals surface area contributed by atoms with Crippen molar-refractivity contribution in [1.82, 2.24) is 13.7 Å². The molecule has 0 aliphatic carbocycles. The highest BCUT2D eigenvalue weighted by Gasteiger charge is 2.20. The number of unbranched alkanes of at least 4 members (excludes halogenated alkanes) is 1. The van der Waals surface area contributed by atoms with E-state index < -0.39 is 0 Å². The molecule has 2 heterocycles. The van der Waals surface area contributed by atoms with Gasteiger partial charge in [0.05, 0.1) is 23.7 Å². The Morgan fingerprint density at radius 1 is 0.903 bits per heavy atom. The van der Waals surface area contributed by atoms with E-state index in [9.17, 15) is 9.59 Å². The molecule has 0 unspecified atom stereocenters. The van der Waals surface area contributed by atoms with Gasteiger partial charge in [0.15, 0.2) is 0 Å². The van der Waals surface area contributed by atoms with Gasteiger partial charge in [-0.15, -0.1) is 0 Å². The van der Waals surface area contributed by atoms with Crippen molar-refractivity contribution in [3.8, 4) is 22.7 Å². The molecule has 0 aliphatic heterocycles. The van der Waals surface area contributed by atoms with Crippen molar-refractivity contribution in [3.05, 3.63) is 81.1 Å². The van der Waals surface area contributed by atoms with Gasteiger partial charge in [-0.3, -0.25) is 13.9 Å². The molecule has 0 N–H and O–H groups in total. The second-order valence-electron chi connectivity index (χ2n) is 7.81. The number of nitrogens with zero attached hydrogens (tertiary/aromatic N) is 3. The summed E-state index contributed by atoms with van der Waals surface area (Å²) in [5.74, 6) is 0.742. The minimum atomic E-state index is -0.342. The first-order valence-electron chi connectivity index (χ1n) is 10.5. The predicted molar refractivity (Wildman–Crippen MR) is 124 cm³/mol. The standard InChI is InChI=1S/C25H27N3O3/c1-5-6-7-17-8-12-19(13-9-17)28-16-21-22(24(29)27(3)25(30)26(21)2)23(28)18-10-14-20(31-4)15-11-18/h8-16H,5-7H2,1-4H3. The highest BCUT2D eigenvalue weighted by molar-refractivity contribution is 5.94. The van der Waals surface area contributed by atoms with Crippen LogP contribution < -0.4 is 16.0 Å². The highest BCUT2D eigenvalue weighted by Crippen LogP contribution is 2.32. The van der Waals surface area contributed by atoms with E-state index in [2.05, 4.69) is 31.2 Å². The molecular weight excluding hydrogens is 390 g/mol. The van der Waals surface area contributed by atoms with E-state index in [1.54, 1.807) is 14.2 Å². The Bertz CT molecular complexity index is 1340. The summed E-state index contributed by atoms with van der Waals surface area (Å²) in [6.45, 7) is 2.19. The molecule has 0 atom stereocenters. The van der Waals surface area contributed by atoms with Crippen LogP contribution in [0.4, 0.5) is 0 Å². The molecule has 0 saturated heterocycles. The Balaban J connectivity index is 2.00. The van der Waals surface area contributed by atoms with Crippen LogP contribution in [0.25, 0.3) is 27.8 Å². The number of fused-ring (bicyclic) bond motifs is 1. The minimum Gasteiger partial charge on any atom is -0.497 e. The fourth-order valence-electron chi connectivity index (χ4n) is 3.98. The number of methoxy groups -OCH3 is 1. The van der Waals surface area contributed by atoms with E-state index >= 15 is 0 Å². The first kappa shape index (κ1) is 20.7. The molecule has 2 aromatic carbocycles. The van der Waals surface area contributed by atoms with Gasteiger partial charge in [0.2, 0.25) is 0 Å². The average molecular weight is 418 g/mol. The van der Waals surface area contributed by atoms with Crippen LogP contribution in [0.1, 0.15) is 25.3 Å². The molecule has 31 heavy (non-hydrogen) atoms. The number of rotatable bonds is 6. The molecule has 0 aliphatic rings. The maximum absolute atomic E-state index is 13.1. The monoisotopic (exact) mass is 417 g/mol. The van der Waals surface area contributed by atoms with Crippen molar-refractivity contribution in [2.24, 2.45) is 14.1 Å². The Morgan fingerprint density at radius 2 is 1.58 bits per heavy atom. The molecule has 0 radical (unpaired) electrons. The minimum absolute atomic E-state index is 0.303. The number of ether oxygens (including phenoxy) is 1. The Hall–Kier alpha value is -3.54. The average Bonchev–Trinajstić information content (AvgIpc) is 3.21. The van der Waals surface area contributed by atoms with Crippen LogP contribution >= 0.6 is 0 Å². The van der Waals surface area contributed by atoms with E-state index in [4.69, 9.17) is 4.74 Å². The highest BCUT2D eigenvalue weighted by atomic mass is 16.5. The Labute approximate surface area is 180 Å². The van der Waals surface area contributed by atoms with Gasteiger partial charge < -0.3 is 9.30 Å². The number of aromatic nitrogens is 3. The van der Waals surface area contributed by atoms with Crippen LogP contribution in [0.3, 0.4) is 0 Å². The third kappa shape index (κ3) is 3.58. The van der Waals surface area contributed by atoms with Crippen molar-refractivity contribution in [3.63, 3.8) is 0 Å². The van der Waals surface area contributed by atoms with Crippen LogP contribution in [0.5, 0.6) is 5.75 Å². The number of aryl methyl sites for hydroxylation is 2. The molecule has 160 valence electrons. The zero-order valence-electron chi connectivity index (χ0n) is 18.4. The topological polar surface area (TPSA) is 58.2 Å². The largest absolute Gasteiger partial charge is 0.497 e. The van der Waals surface area contributed by atoms with Gasteiger partial charge in [0.1, 0.15) is 5.75 Å². The maximum Gasteiger partial charge on any atom is 0.330 e. The molecule has 0 amide bonds. The lowest BCUT2D eigenvalue weighted by Crippen LogP contribution is -2.36. The van der Waals surface area contributed by atoms with Gasteiger partial charge in [-0.05, 0) is 60.4 Å². The van der Waals surface area contributed by atoms with Crippen LogP contribution in [-0.4, -0.2) is 20.8 Å². The molecule has 4 rings (SSSR count). The lowest BCUT2D eigenvalue weighted by Gasteiger charge is -2.11. The van der Waals surface area contributed by atoms with Crippen molar-refractivity contribution >= 4 is 10.9 Å². The van der Waals surface area contributed by atoms with Crippen molar-refractivity contribution in [2.75, 3.05) is 7.11 Å². The third-order valence-corrected chi connectivity index (χ3v) is 5.84. The summed E-state index contributed by atoms with van der Waals surface area (Å²) in [5, 5.41) is 0.518. The number of hydrogen-bond donors (Lipinski definition) is 0. The second-order valence-corrected chi connectivity index (χ2v) is 7.81. The maximum atomic E-state index is 13.1. The molecule has 0 fully saturated rings. The van der Waals surface area contributed by atoms with Gasteiger partial charge in [-0.2, -0.15) is 0 Å². The summed E-state index contributed by atoms with van der Waals surface area (Å²) >= 11 is 0. The van der Waals surface area contributed by atoms with E-state index in [-0.39, 0.29) is 11.2 Å². The van der Waals surface area contributed by atoms with Crippen LogP contribution in [0.2, 0.25) is 0 Å². The molecule has 0 saturated carbocycles. The van der Waals surface area contributed by atoms with Gasteiger partial charge >= 0.3 is 5.69 Å².